The smallest absolute Gasteiger partial charge is 0.266 e. The molecule has 0 atom stereocenters. The Bertz CT molecular complexity index is 683. The summed E-state index contributed by atoms with van der Waals surface area (Å²) >= 11 is 7.71. The Labute approximate surface area is 133 Å². The molecule has 0 aliphatic heterocycles. The largest absolute Gasteiger partial charge is 0.283 e. The van der Waals surface area contributed by atoms with E-state index < -0.39 is 0 Å². The van der Waals surface area contributed by atoms with E-state index in [0.29, 0.717) is 9.90 Å². The number of rotatable bonds is 2. The Hall–Kier alpha value is -1.39. The van der Waals surface area contributed by atoms with E-state index in [4.69, 9.17) is 11.6 Å². The van der Waals surface area contributed by atoms with Crippen molar-refractivity contribution in [1.82, 2.24) is 5.43 Å². The fraction of sp³-hybridized carbons (Fsp3) is 0.375. The summed E-state index contributed by atoms with van der Waals surface area (Å²) in [6.07, 6.45) is 6.82. The molecule has 110 valence electrons. The normalized spacial score (nSPS) is 15.8. The first kappa shape index (κ1) is 14.5. The maximum absolute atomic E-state index is 12.3. The molecule has 0 unspecified atom stereocenters. The second-order valence-electron chi connectivity index (χ2n) is 5.27. The van der Waals surface area contributed by atoms with Crippen LogP contribution in [0.3, 0.4) is 0 Å². The van der Waals surface area contributed by atoms with Crippen LogP contribution in [0.25, 0.3) is 10.1 Å². The fourth-order valence-corrected chi connectivity index (χ4v) is 4.00. The van der Waals surface area contributed by atoms with Crippen LogP contribution in [-0.4, -0.2) is 11.6 Å². The molecule has 1 heterocycles. The lowest BCUT2D eigenvalue weighted by Crippen LogP contribution is -2.18. The van der Waals surface area contributed by atoms with Crippen LogP contribution in [0.5, 0.6) is 0 Å². The standard InChI is InChI=1S/C16H17ClN2OS/c17-14-12-9-5-6-10-13(12)21-15(14)16(20)19-18-11-7-3-1-2-4-8-11/h5-6,9-10H,1-4,7-8H2,(H,19,20). The van der Waals surface area contributed by atoms with Crippen molar-refractivity contribution in [3.05, 3.63) is 34.2 Å². The molecule has 1 N–H and O–H groups in total. The van der Waals surface area contributed by atoms with Crippen molar-refractivity contribution in [2.45, 2.75) is 38.5 Å². The number of nitrogens with zero attached hydrogens (tertiary/aromatic N) is 1. The van der Waals surface area contributed by atoms with Gasteiger partial charge in [0.05, 0.1) is 5.02 Å². The topological polar surface area (TPSA) is 41.5 Å². The quantitative estimate of drug-likeness (QED) is 0.614. The summed E-state index contributed by atoms with van der Waals surface area (Å²) in [5, 5.41) is 5.75. The number of nitrogens with one attached hydrogen (secondary N) is 1. The molecule has 1 aliphatic carbocycles. The third-order valence-electron chi connectivity index (χ3n) is 3.74. The zero-order chi connectivity index (χ0) is 14.7. The number of hydrogen-bond acceptors (Lipinski definition) is 3. The van der Waals surface area contributed by atoms with Crippen LogP contribution in [0.2, 0.25) is 5.02 Å². The van der Waals surface area contributed by atoms with Gasteiger partial charge >= 0.3 is 0 Å². The maximum Gasteiger partial charge on any atom is 0.283 e. The summed E-state index contributed by atoms with van der Waals surface area (Å²) in [5.41, 5.74) is 3.77. The lowest BCUT2D eigenvalue weighted by atomic mass is 10.2. The third kappa shape index (κ3) is 3.27. The van der Waals surface area contributed by atoms with E-state index in [1.54, 1.807) is 0 Å². The van der Waals surface area contributed by atoms with E-state index in [-0.39, 0.29) is 5.91 Å². The Morgan fingerprint density at radius 3 is 2.57 bits per heavy atom. The highest BCUT2D eigenvalue weighted by Gasteiger charge is 2.16. The van der Waals surface area contributed by atoms with Crippen molar-refractivity contribution in [2.75, 3.05) is 0 Å². The van der Waals surface area contributed by atoms with Crippen molar-refractivity contribution in [3.63, 3.8) is 0 Å². The molecule has 1 aromatic heterocycles. The minimum absolute atomic E-state index is 0.210. The van der Waals surface area contributed by atoms with Gasteiger partial charge in [-0.2, -0.15) is 5.10 Å². The van der Waals surface area contributed by atoms with Gasteiger partial charge in [-0.05, 0) is 31.7 Å². The number of thiophene rings is 1. The molecule has 2 aromatic rings. The van der Waals surface area contributed by atoms with E-state index >= 15 is 0 Å². The lowest BCUT2D eigenvalue weighted by molar-refractivity contribution is 0.0959. The minimum atomic E-state index is -0.210. The van der Waals surface area contributed by atoms with Gasteiger partial charge < -0.3 is 0 Å². The Balaban J connectivity index is 1.77. The van der Waals surface area contributed by atoms with Crippen LogP contribution in [-0.2, 0) is 0 Å². The zero-order valence-electron chi connectivity index (χ0n) is 11.7. The summed E-state index contributed by atoms with van der Waals surface area (Å²) in [6.45, 7) is 0. The second-order valence-corrected chi connectivity index (χ2v) is 6.70. The predicted molar refractivity (Wildman–Crippen MR) is 89.4 cm³/mol. The fourth-order valence-electron chi connectivity index (χ4n) is 2.59. The lowest BCUT2D eigenvalue weighted by Gasteiger charge is -2.02. The highest BCUT2D eigenvalue weighted by Crippen LogP contribution is 2.34. The molecule has 1 fully saturated rings. The molecular formula is C16H17ClN2OS. The Morgan fingerprint density at radius 2 is 1.86 bits per heavy atom. The molecule has 21 heavy (non-hydrogen) atoms. The summed E-state index contributed by atoms with van der Waals surface area (Å²) in [5.74, 6) is -0.210. The van der Waals surface area contributed by atoms with Crippen LogP contribution in [0, 0.1) is 0 Å². The second kappa shape index (κ2) is 6.58. The SMILES string of the molecule is O=C(NN=C1CCCCCC1)c1sc2ccccc2c1Cl. The summed E-state index contributed by atoms with van der Waals surface area (Å²) < 4.78 is 1.02. The number of carbonyl (C=O) groups is 1. The van der Waals surface area contributed by atoms with E-state index in [9.17, 15) is 4.79 Å². The Morgan fingerprint density at radius 1 is 1.14 bits per heavy atom. The molecule has 0 bridgehead atoms. The van der Waals surface area contributed by atoms with E-state index in [2.05, 4.69) is 10.5 Å². The summed E-state index contributed by atoms with van der Waals surface area (Å²) in [4.78, 5) is 12.8. The van der Waals surface area contributed by atoms with Gasteiger partial charge in [-0.3, -0.25) is 4.79 Å². The van der Waals surface area contributed by atoms with Gasteiger partial charge in [-0.15, -0.1) is 11.3 Å². The average Bonchev–Trinajstić information content (AvgIpc) is 2.68. The van der Waals surface area contributed by atoms with Crippen molar-refractivity contribution in [3.8, 4) is 0 Å². The van der Waals surface area contributed by atoms with E-state index in [1.807, 2.05) is 24.3 Å². The molecule has 1 amide bonds. The Kier molecular flexibility index (Phi) is 4.56. The molecule has 3 rings (SSSR count). The number of amides is 1. The van der Waals surface area contributed by atoms with Gasteiger partial charge in [0, 0.05) is 15.8 Å². The molecule has 0 saturated heterocycles. The molecule has 0 spiro atoms. The van der Waals surface area contributed by atoms with Crippen molar-refractivity contribution in [1.29, 1.82) is 0 Å². The van der Waals surface area contributed by atoms with Crippen molar-refractivity contribution >= 4 is 44.6 Å². The third-order valence-corrected chi connectivity index (χ3v) is 5.41. The van der Waals surface area contributed by atoms with Crippen LogP contribution in [0.4, 0.5) is 0 Å². The van der Waals surface area contributed by atoms with Gasteiger partial charge in [0.2, 0.25) is 0 Å². The summed E-state index contributed by atoms with van der Waals surface area (Å²) in [7, 11) is 0. The van der Waals surface area contributed by atoms with Gasteiger partial charge in [-0.1, -0.05) is 42.6 Å². The minimum Gasteiger partial charge on any atom is -0.266 e. The number of halogens is 1. The first-order valence-electron chi connectivity index (χ1n) is 7.28. The summed E-state index contributed by atoms with van der Waals surface area (Å²) in [6, 6.07) is 7.78. The average molecular weight is 321 g/mol. The number of carbonyl (C=O) groups excluding carboxylic acids is 1. The highest BCUT2D eigenvalue weighted by atomic mass is 35.5. The molecule has 0 radical (unpaired) electrons. The van der Waals surface area contributed by atoms with Crippen LogP contribution < -0.4 is 5.43 Å². The monoisotopic (exact) mass is 320 g/mol. The van der Waals surface area contributed by atoms with Crippen molar-refractivity contribution in [2.24, 2.45) is 5.10 Å². The van der Waals surface area contributed by atoms with Gasteiger partial charge in [0.25, 0.3) is 5.91 Å². The predicted octanol–water partition coefficient (Wildman–Crippen LogP) is 4.99. The molecule has 5 heteroatoms. The van der Waals surface area contributed by atoms with Gasteiger partial charge in [0.1, 0.15) is 4.88 Å². The molecular weight excluding hydrogens is 304 g/mol. The molecule has 1 saturated carbocycles. The number of hydrogen-bond donors (Lipinski definition) is 1. The molecule has 3 nitrogen and oxygen atoms in total. The van der Waals surface area contributed by atoms with Crippen LogP contribution in [0.1, 0.15) is 48.2 Å². The van der Waals surface area contributed by atoms with E-state index in [0.717, 1.165) is 28.6 Å². The van der Waals surface area contributed by atoms with E-state index in [1.165, 1.54) is 37.0 Å². The maximum atomic E-state index is 12.3. The zero-order valence-corrected chi connectivity index (χ0v) is 13.3. The van der Waals surface area contributed by atoms with Gasteiger partial charge in [-0.25, -0.2) is 5.43 Å². The number of fused-ring (bicyclic) bond motifs is 1. The number of benzene rings is 1. The first-order chi connectivity index (χ1) is 10.3. The highest BCUT2D eigenvalue weighted by molar-refractivity contribution is 7.21. The van der Waals surface area contributed by atoms with Crippen molar-refractivity contribution < 1.29 is 4.79 Å². The van der Waals surface area contributed by atoms with Crippen LogP contribution >= 0.6 is 22.9 Å². The molecule has 1 aliphatic rings. The van der Waals surface area contributed by atoms with Gasteiger partial charge in [0.15, 0.2) is 0 Å². The first-order valence-corrected chi connectivity index (χ1v) is 8.48. The number of hydrazone groups is 1. The molecule has 1 aromatic carbocycles. The van der Waals surface area contributed by atoms with Crippen LogP contribution in [0.15, 0.2) is 29.4 Å².